The molecule has 0 heterocycles. The van der Waals surface area contributed by atoms with E-state index in [4.69, 9.17) is 16.7 Å². The van der Waals surface area contributed by atoms with E-state index in [-0.39, 0.29) is 10.6 Å². The summed E-state index contributed by atoms with van der Waals surface area (Å²) in [5.41, 5.74) is -0.824. The number of carbonyl (C=O) groups excluding carboxylic acids is 1. The summed E-state index contributed by atoms with van der Waals surface area (Å²) < 4.78 is 0. The van der Waals surface area contributed by atoms with E-state index in [1.807, 2.05) is 0 Å². The SMILES string of the molecule is C[C@H](NC(=O)c1c(Cl)cccc1[N+](=O)[O-])C(=O)O. The van der Waals surface area contributed by atoms with E-state index in [1.165, 1.54) is 19.1 Å². The Bertz CT molecular complexity index is 517. The number of benzene rings is 1. The number of nitro benzene ring substituents is 1. The molecule has 7 nitrogen and oxygen atoms in total. The number of carbonyl (C=O) groups is 2. The Balaban J connectivity index is 3.12. The molecule has 0 aliphatic rings. The summed E-state index contributed by atoms with van der Waals surface area (Å²) in [6.45, 7) is 1.24. The number of hydrogen-bond donors (Lipinski definition) is 2. The zero-order valence-corrected chi connectivity index (χ0v) is 9.97. The number of carboxylic acid groups (broad SMARTS) is 1. The summed E-state index contributed by atoms with van der Waals surface area (Å²) in [5, 5.41) is 21.4. The van der Waals surface area contributed by atoms with Crippen LogP contribution in [-0.2, 0) is 4.79 Å². The van der Waals surface area contributed by atoms with E-state index in [0.29, 0.717) is 0 Å². The van der Waals surface area contributed by atoms with Crippen LogP contribution in [0.4, 0.5) is 5.69 Å². The summed E-state index contributed by atoms with van der Waals surface area (Å²) >= 11 is 5.72. The highest BCUT2D eigenvalue weighted by molar-refractivity contribution is 6.34. The fraction of sp³-hybridized carbons (Fsp3) is 0.200. The molecule has 0 unspecified atom stereocenters. The molecule has 0 bridgehead atoms. The Hall–Kier alpha value is -2.15. The molecule has 0 aliphatic heterocycles. The summed E-state index contributed by atoms with van der Waals surface area (Å²) in [4.78, 5) is 32.3. The molecule has 0 aromatic heterocycles. The topological polar surface area (TPSA) is 110 Å². The molecule has 0 saturated heterocycles. The number of hydrogen-bond acceptors (Lipinski definition) is 4. The summed E-state index contributed by atoms with van der Waals surface area (Å²) in [6.07, 6.45) is 0. The molecule has 0 radical (unpaired) electrons. The van der Waals surface area contributed by atoms with Gasteiger partial charge in [0.25, 0.3) is 11.6 Å². The average Bonchev–Trinajstić information content (AvgIpc) is 2.27. The number of nitro groups is 1. The van der Waals surface area contributed by atoms with Gasteiger partial charge in [0, 0.05) is 6.07 Å². The van der Waals surface area contributed by atoms with Crippen LogP contribution in [0.1, 0.15) is 17.3 Å². The van der Waals surface area contributed by atoms with Gasteiger partial charge in [-0.15, -0.1) is 0 Å². The van der Waals surface area contributed by atoms with E-state index < -0.39 is 28.5 Å². The van der Waals surface area contributed by atoms with Crippen molar-refractivity contribution in [1.82, 2.24) is 5.32 Å². The van der Waals surface area contributed by atoms with Crippen molar-refractivity contribution >= 4 is 29.2 Å². The summed E-state index contributed by atoms with van der Waals surface area (Å²) in [7, 11) is 0. The molecule has 1 atom stereocenters. The van der Waals surface area contributed by atoms with Crippen molar-refractivity contribution in [3.05, 3.63) is 38.9 Å². The quantitative estimate of drug-likeness (QED) is 0.637. The first-order valence-corrected chi connectivity index (χ1v) is 5.19. The van der Waals surface area contributed by atoms with Gasteiger partial charge in [0.1, 0.15) is 11.6 Å². The Labute approximate surface area is 107 Å². The second kappa shape index (κ2) is 5.46. The minimum Gasteiger partial charge on any atom is -0.480 e. The van der Waals surface area contributed by atoms with Crippen LogP contribution in [0.2, 0.25) is 5.02 Å². The molecule has 0 fully saturated rings. The van der Waals surface area contributed by atoms with E-state index in [2.05, 4.69) is 5.32 Å². The van der Waals surface area contributed by atoms with Crippen LogP contribution in [0.5, 0.6) is 0 Å². The van der Waals surface area contributed by atoms with E-state index in [0.717, 1.165) is 6.07 Å². The van der Waals surface area contributed by atoms with Gasteiger partial charge in [0.2, 0.25) is 0 Å². The van der Waals surface area contributed by atoms with Crippen LogP contribution in [0.3, 0.4) is 0 Å². The van der Waals surface area contributed by atoms with Crippen molar-refractivity contribution in [2.75, 3.05) is 0 Å². The van der Waals surface area contributed by atoms with Crippen molar-refractivity contribution in [2.24, 2.45) is 0 Å². The highest BCUT2D eigenvalue weighted by atomic mass is 35.5. The maximum absolute atomic E-state index is 11.7. The van der Waals surface area contributed by atoms with Gasteiger partial charge >= 0.3 is 5.97 Å². The van der Waals surface area contributed by atoms with Gasteiger partial charge in [-0.1, -0.05) is 17.7 Å². The Morgan fingerprint density at radius 2 is 2.11 bits per heavy atom. The van der Waals surface area contributed by atoms with Gasteiger partial charge in [0.05, 0.1) is 9.95 Å². The lowest BCUT2D eigenvalue weighted by Crippen LogP contribution is -2.38. The molecule has 8 heteroatoms. The molecule has 0 saturated carbocycles. The number of rotatable bonds is 4. The van der Waals surface area contributed by atoms with Crippen LogP contribution < -0.4 is 5.32 Å². The zero-order chi connectivity index (χ0) is 13.9. The van der Waals surface area contributed by atoms with Gasteiger partial charge in [0.15, 0.2) is 0 Å². The van der Waals surface area contributed by atoms with Crippen molar-refractivity contribution in [3.8, 4) is 0 Å². The molecule has 1 aromatic carbocycles. The Morgan fingerprint density at radius 1 is 1.50 bits per heavy atom. The largest absolute Gasteiger partial charge is 0.480 e. The molecular formula is C10H9ClN2O5. The molecule has 0 spiro atoms. The average molecular weight is 273 g/mol. The zero-order valence-electron chi connectivity index (χ0n) is 9.21. The molecule has 1 amide bonds. The molecular weight excluding hydrogens is 264 g/mol. The highest BCUT2D eigenvalue weighted by Crippen LogP contribution is 2.26. The maximum atomic E-state index is 11.7. The van der Waals surface area contributed by atoms with E-state index in [1.54, 1.807) is 0 Å². The number of halogens is 1. The van der Waals surface area contributed by atoms with Crippen molar-refractivity contribution < 1.29 is 19.6 Å². The minimum atomic E-state index is -1.25. The first-order valence-electron chi connectivity index (χ1n) is 4.81. The first-order chi connectivity index (χ1) is 8.34. The fourth-order valence-corrected chi connectivity index (χ4v) is 1.48. The number of aliphatic carboxylic acids is 1. The number of amides is 1. The highest BCUT2D eigenvalue weighted by Gasteiger charge is 2.25. The third-order valence-electron chi connectivity index (χ3n) is 2.13. The van der Waals surface area contributed by atoms with Gasteiger partial charge in [-0.2, -0.15) is 0 Å². The normalized spacial score (nSPS) is 11.7. The number of carboxylic acids is 1. The van der Waals surface area contributed by atoms with Gasteiger partial charge < -0.3 is 10.4 Å². The minimum absolute atomic E-state index is 0.112. The van der Waals surface area contributed by atoms with E-state index >= 15 is 0 Å². The predicted molar refractivity (Wildman–Crippen MR) is 62.7 cm³/mol. The van der Waals surface area contributed by atoms with Crippen LogP contribution in [0.15, 0.2) is 18.2 Å². The van der Waals surface area contributed by atoms with Crippen LogP contribution >= 0.6 is 11.6 Å². The lowest BCUT2D eigenvalue weighted by molar-refractivity contribution is -0.385. The smallest absolute Gasteiger partial charge is 0.325 e. The second-order valence-corrected chi connectivity index (χ2v) is 3.83. The summed E-state index contributed by atoms with van der Waals surface area (Å²) in [5.74, 6) is -2.15. The van der Waals surface area contributed by atoms with Crippen LogP contribution in [-0.4, -0.2) is 27.9 Å². The molecule has 18 heavy (non-hydrogen) atoms. The monoisotopic (exact) mass is 272 g/mol. The van der Waals surface area contributed by atoms with Crippen molar-refractivity contribution in [3.63, 3.8) is 0 Å². The first kappa shape index (κ1) is 13.9. The fourth-order valence-electron chi connectivity index (χ4n) is 1.22. The number of nitrogens with zero attached hydrogens (tertiary/aromatic N) is 1. The van der Waals surface area contributed by atoms with Crippen molar-refractivity contribution in [1.29, 1.82) is 0 Å². The second-order valence-electron chi connectivity index (χ2n) is 3.42. The van der Waals surface area contributed by atoms with Crippen molar-refractivity contribution in [2.45, 2.75) is 13.0 Å². The molecule has 0 aliphatic carbocycles. The molecule has 1 aromatic rings. The van der Waals surface area contributed by atoms with Gasteiger partial charge in [-0.05, 0) is 13.0 Å². The Kier molecular flexibility index (Phi) is 4.22. The van der Waals surface area contributed by atoms with Crippen LogP contribution in [0, 0.1) is 10.1 Å². The third kappa shape index (κ3) is 2.95. The van der Waals surface area contributed by atoms with E-state index in [9.17, 15) is 19.7 Å². The third-order valence-corrected chi connectivity index (χ3v) is 2.45. The number of nitrogens with one attached hydrogen (secondary N) is 1. The van der Waals surface area contributed by atoms with Gasteiger partial charge in [-0.3, -0.25) is 19.7 Å². The summed E-state index contributed by atoms with van der Waals surface area (Å²) in [6, 6.07) is 2.59. The standard InChI is InChI=1S/C10H9ClN2O5/c1-5(10(15)16)12-9(14)8-6(11)3-2-4-7(8)13(17)18/h2-5H,1H3,(H,12,14)(H,15,16)/t5-/m0/s1. The van der Waals surface area contributed by atoms with Crippen LogP contribution in [0.25, 0.3) is 0 Å². The molecule has 96 valence electrons. The van der Waals surface area contributed by atoms with Gasteiger partial charge in [-0.25, -0.2) is 0 Å². The molecule has 1 rings (SSSR count). The molecule has 2 N–H and O–H groups in total. The lowest BCUT2D eigenvalue weighted by Gasteiger charge is -2.10. The lowest BCUT2D eigenvalue weighted by atomic mass is 10.1. The maximum Gasteiger partial charge on any atom is 0.325 e. The Morgan fingerprint density at radius 3 is 2.61 bits per heavy atom. The predicted octanol–water partition coefficient (Wildman–Crippen LogP) is 1.45.